The van der Waals surface area contributed by atoms with Crippen LogP contribution in [0.15, 0.2) is 42.5 Å². The van der Waals surface area contributed by atoms with Crippen LogP contribution in [0.3, 0.4) is 0 Å². The number of para-hydroxylation sites is 1. The maximum Gasteiger partial charge on any atom is 0.166 e. The first-order chi connectivity index (χ1) is 10.6. The molecule has 1 aromatic heterocycles. The highest BCUT2D eigenvalue weighted by molar-refractivity contribution is 6.08. The Bertz CT molecular complexity index is 853. The van der Waals surface area contributed by atoms with Gasteiger partial charge in [0, 0.05) is 29.3 Å². The van der Waals surface area contributed by atoms with Gasteiger partial charge in [-0.1, -0.05) is 24.3 Å². The number of carbonyl (C=O) groups excluding carboxylic acids is 1. The van der Waals surface area contributed by atoms with Crippen molar-refractivity contribution in [2.75, 3.05) is 20.6 Å². The SMILES string of the molecule is Cc1cccc2nc3c(C(=O)CCN(C)C)cccc3cc12. The summed E-state index contributed by atoms with van der Waals surface area (Å²) in [6, 6.07) is 14.1. The predicted molar refractivity (Wildman–Crippen MR) is 91.5 cm³/mol. The normalized spacial score (nSPS) is 11.5. The lowest BCUT2D eigenvalue weighted by Crippen LogP contribution is -2.17. The highest BCUT2D eigenvalue weighted by atomic mass is 16.1. The number of hydrogen-bond donors (Lipinski definition) is 0. The van der Waals surface area contributed by atoms with Crippen molar-refractivity contribution in [3.05, 3.63) is 53.6 Å². The lowest BCUT2D eigenvalue weighted by atomic mass is 10.0. The minimum absolute atomic E-state index is 0.152. The largest absolute Gasteiger partial charge is 0.309 e. The molecule has 112 valence electrons. The van der Waals surface area contributed by atoms with E-state index >= 15 is 0 Å². The van der Waals surface area contributed by atoms with Gasteiger partial charge in [-0.05, 0) is 44.8 Å². The van der Waals surface area contributed by atoms with Crippen LogP contribution in [0.5, 0.6) is 0 Å². The molecule has 3 rings (SSSR count). The van der Waals surface area contributed by atoms with Crippen molar-refractivity contribution < 1.29 is 4.79 Å². The first-order valence-electron chi connectivity index (χ1n) is 7.53. The third-order valence-corrected chi connectivity index (χ3v) is 3.99. The molecule has 3 heteroatoms. The number of aryl methyl sites for hydroxylation is 1. The standard InChI is InChI=1S/C19H20N2O/c1-13-6-4-9-17-16(13)12-14-7-5-8-15(19(14)20-17)18(22)10-11-21(2)3/h4-9,12H,10-11H2,1-3H3. The maximum absolute atomic E-state index is 12.5. The van der Waals surface area contributed by atoms with Crippen LogP contribution in [-0.4, -0.2) is 36.3 Å². The molecule has 0 unspecified atom stereocenters. The van der Waals surface area contributed by atoms with Crippen molar-refractivity contribution in [2.45, 2.75) is 13.3 Å². The van der Waals surface area contributed by atoms with Crippen LogP contribution < -0.4 is 0 Å². The summed E-state index contributed by atoms with van der Waals surface area (Å²) in [6.45, 7) is 2.84. The summed E-state index contributed by atoms with van der Waals surface area (Å²) >= 11 is 0. The summed E-state index contributed by atoms with van der Waals surface area (Å²) in [5.41, 5.74) is 3.68. The molecule has 0 aliphatic rings. The Morgan fingerprint density at radius 1 is 1.14 bits per heavy atom. The first-order valence-corrected chi connectivity index (χ1v) is 7.53. The second-order valence-electron chi connectivity index (χ2n) is 5.98. The number of pyridine rings is 1. The fourth-order valence-corrected chi connectivity index (χ4v) is 2.71. The van der Waals surface area contributed by atoms with Gasteiger partial charge in [0.2, 0.25) is 0 Å². The Morgan fingerprint density at radius 3 is 2.68 bits per heavy atom. The molecule has 3 aromatic rings. The number of fused-ring (bicyclic) bond motifs is 2. The first kappa shape index (κ1) is 14.7. The van der Waals surface area contributed by atoms with E-state index in [1.807, 2.05) is 49.3 Å². The van der Waals surface area contributed by atoms with Crippen molar-refractivity contribution in [1.82, 2.24) is 9.88 Å². The fraction of sp³-hybridized carbons (Fsp3) is 0.263. The fourth-order valence-electron chi connectivity index (χ4n) is 2.71. The van der Waals surface area contributed by atoms with Crippen LogP contribution in [-0.2, 0) is 0 Å². The van der Waals surface area contributed by atoms with E-state index in [1.165, 1.54) is 5.56 Å². The molecule has 0 fully saturated rings. The molecule has 2 aromatic carbocycles. The molecule has 22 heavy (non-hydrogen) atoms. The number of aromatic nitrogens is 1. The van der Waals surface area contributed by atoms with Gasteiger partial charge in [-0.15, -0.1) is 0 Å². The number of Topliss-reactive ketones (excluding diaryl/α,β-unsaturated/α-hetero) is 1. The van der Waals surface area contributed by atoms with Gasteiger partial charge < -0.3 is 4.90 Å². The Balaban J connectivity index is 2.13. The van der Waals surface area contributed by atoms with Gasteiger partial charge >= 0.3 is 0 Å². The van der Waals surface area contributed by atoms with Crippen LogP contribution in [0.1, 0.15) is 22.3 Å². The van der Waals surface area contributed by atoms with Gasteiger partial charge in [-0.25, -0.2) is 4.98 Å². The Kier molecular flexibility index (Phi) is 3.90. The van der Waals surface area contributed by atoms with Crippen molar-refractivity contribution in [2.24, 2.45) is 0 Å². The number of rotatable bonds is 4. The Labute approximate surface area is 130 Å². The lowest BCUT2D eigenvalue weighted by molar-refractivity contribution is 0.0974. The second-order valence-corrected chi connectivity index (χ2v) is 5.98. The number of hydrogen-bond acceptors (Lipinski definition) is 3. The molecule has 0 saturated heterocycles. The van der Waals surface area contributed by atoms with E-state index in [1.54, 1.807) is 0 Å². The van der Waals surface area contributed by atoms with E-state index in [0.717, 1.165) is 33.9 Å². The van der Waals surface area contributed by atoms with Gasteiger partial charge in [0.1, 0.15) is 0 Å². The Hall–Kier alpha value is -2.26. The van der Waals surface area contributed by atoms with E-state index in [-0.39, 0.29) is 5.78 Å². The molecular formula is C19H20N2O. The molecule has 3 nitrogen and oxygen atoms in total. The molecule has 0 bridgehead atoms. The van der Waals surface area contributed by atoms with Gasteiger partial charge in [0.05, 0.1) is 11.0 Å². The molecule has 0 aliphatic carbocycles. The molecule has 0 amide bonds. The average molecular weight is 292 g/mol. The summed E-state index contributed by atoms with van der Waals surface area (Å²) in [4.78, 5) is 19.3. The van der Waals surface area contributed by atoms with Gasteiger partial charge in [0.25, 0.3) is 0 Å². The van der Waals surface area contributed by atoms with E-state index in [0.29, 0.717) is 6.42 Å². The Morgan fingerprint density at radius 2 is 1.91 bits per heavy atom. The smallest absolute Gasteiger partial charge is 0.166 e. The van der Waals surface area contributed by atoms with Gasteiger partial charge in [-0.3, -0.25) is 4.79 Å². The van der Waals surface area contributed by atoms with Gasteiger partial charge in [-0.2, -0.15) is 0 Å². The quantitative estimate of drug-likeness (QED) is 0.541. The average Bonchev–Trinajstić information content (AvgIpc) is 2.51. The monoisotopic (exact) mass is 292 g/mol. The van der Waals surface area contributed by atoms with E-state index in [9.17, 15) is 4.79 Å². The molecule has 0 atom stereocenters. The molecule has 0 aliphatic heterocycles. The zero-order valence-electron chi connectivity index (χ0n) is 13.3. The molecule has 0 saturated carbocycles. The van der Waals surface area contributed by atoms with Crippen molar-refractivity contribution in [3.63, 3.8) is 0 Å². The zero-order chi connectivity index (χ0) is 15.7. The second kappa shape index (κ2) is 5.85. The number of carbonyl (C=O) groups is 1. The lowest BCUT2D eigenvalue weighted by Gasteiger charge is -2.10. The van der Waals surface area contributed by atoms with Crippen LogP contribution in [0.2, 0.25) is 0 Å². The third kappa shape index (κ3) is 2.72. The summed E-state index contributed by atoms with van der Waals surface area (Å²) in [5.74, 6) is 0.152. The number of benzene rings is 2. The minimum Gasteiger partial charge on any atom is -0.309 e. The summed E-state index contributed by atoms with van der Waals surface area (Å²) in [5, 5.41) is 2.17. The van der Waals surface area contributed by atoms with E-state index < -0.39 is 0 Å². The summed E-state index contributed by atoms with van der Waals surface area (Å²) in [6.07, 6.45) is 0.514. The minimum atomic E-state index is 0.152. The molecule has 0 radical (unpaired) electrons. The van der Waals surface area contributed by atoms with Crippen LogP contribution in [0, 0.1) is 6.92 Å². The van der Waals surface area contributed by atoms with E-state index in [2.05, 4.69) is 19.1 Å². The van der Waals surface area contributed by atoms with E-state index in [4.69, 9.17) is 4.98 Å². The molecule has 0 N–H and O–H groups in total. The molecule has 0 spiro atoms. The van der Waals surface area contributed by atoms with Crippen LogP contribution in [0.25, 0.3) is 21.8 Å². The summed E-state index contributed by atoms with van der Waals surface area (Å²) < 4.78 is 0. The van der Waals surface area contributed by atoms with Crippen molar-refractivity contribution in [1.29, 1.82) is 0 Å². The molecule has 1 heterocycles. The number of ketones is 1. The van der Waals surface area contributed by atoms with Crippen molar-refractivity contribution >= 4 is 27.6 Å². The predicted octanol–water partition coefficient (Wildman–Crippen LogP) is 3.83. The number of nitrogens with zero attached hydrogens (tertiary/aromatic N) is 2. The third-order valence-electron chi connectivity index (χ3n) is 3.99. The highest BCUT2D eigenvalue weighted by Crippen LogP contribution is 2.25. The zero-order valence-corrected chi connectivity index (χ0v) is 13.3. The topological polar surface area (TPSA) is 33.2 Å². The highest BCUT2D eigenvalue weighted by Gasteiger charge is 2.12. The van der Waals surface area contributed by atoms with Crippen LogP contribution >= 0.6 is 0 Å². The van der Waals surface area contributed by atoms with Gasteiger partial charge in [0.15, 0.2) is 5.78 Å². The van der Waals surface area contributed by atoms with Crippen LogP contribution in [0.4, 0.5) is 0 Å². The maximum atomic E-state index is 12.5. The molecular weight excluding hydrogens is 272 g/mol. The summed E-state index contributed by atoms with van der Waals surface area (Å²) in [7, 11) is 3.95. The van der Waals surface area contributed by atoms with Crippen molar-refractivity contribution in [3.8, 4) is 0 Å².